The van der Waals surface area contributed by atoms with Gasteiger partial charge < -0.3 is 4.90 Å². The van der Waals surface area contributed by atoms with E-state index in [0.29, 0.717) is 18.7 Å². The summed E-state index contributed by atoms with van der Waals surface area (Å²) in [6.07, 6.45) is 4.87. The minimum absolute atomic E-state index is 0.00695. The summed E-state index contributed by atoms with van der Waals surface area (Å²) in [6.45, 7) is 5.30. The van der Waals surface area contributed by atoms with Gasteiger partial charge in [0.25, 0.3) is 5.91 Å². The molecule has 0 N–H and O–H groups in total. The van der Waals surface area contributed by atoms with Crippen LogP contribution in [0.3, 0.4) is 0 Å². The monoisotopic (exact) mass is 325 g/mol. The summed E-state index contributed by atoms with van der Waals surface area (Å²) in [6, 6.07) is 9.65. The molecule has 3 rings (SSSR count). The summed E-state index contributed by atoms with van der Waals surface area (Å²) in [5.41, 5.74) is 1.39. The largest absolute Gasteiger partial charge is 0.339 e. The first-order valence-corrected chi connectivity index (χ1v) is 8.49. The van der Waals surface area contributed by atoms with Crippen LogP contribution in [0.25, 0.3) is 0 Å². The third-order valence-corrected chi connectivity index (χ3v) is 4.59. The Morgan fingerprint density at radius 3 is 2.33 bits per heavy atom. The molecule has 24 heavy (non-hydrogen) atoms. The van der Waals surface area contributed by atoms with Crippen molar-refractivity contribution in [1.82, 2.24) is 14.7 Å². The molecule has 5 heteroatoms. The molecule has 2 aromatic rings. The molecule has 0 bridgehead atoms. The van der Waals surface area contributed by atoms with E-state index in [1.165, 1.54) is 0 Å². The number of nitrogens with zero attached hydrogens (tertiary/aromatic N) is 3. The van der Waals surface area contributed by atoms with Crippen LogP contribution in [0.5, 0.6) is 0 Å². The second-order valence-electron chi connectivity index (χ2n) is 6.60. The van der Waals surface area contributed by atoms with E-state index < -0.39 is 0 Å². The number of carbonyl (C=O) groups is 2. The van der Waals surface area contributed by atoms with Gasteiger partial charge in [-0.15, -0.1) is 0 Å². The Labute approximate surface area is 142 Å². The molecule has 0 atom stereocenters. The van der Waals surface area contributed by atoms with Crippen molar-refractivity contribution in [1.29, 1.82) is 0 Å². The molecule has 0 unspecified atom stereocenters. The number of piperidine rings is 1. The highest BCUT2D eigenvalue weighted by molar-refractivity contribution is 5.98. The molecule has 1 aromatic heterocycles. The lowest BCUT2D eigenvalue weighted by molar-refractivity contribution is 0.0650. The highest BCUT2D eigenvalue weighted by Crippen LogP contribution is 2.23. The van der Waals surface area contributed by atoms with Crippen LogP contribution in [-0.4, -0.2) is 39.5 Å². The van der Waals surface area contributed by atoms with E-state index in [1.54, 1.807) is 17.1 Å². The van der Waals surface area contributed by atoms with Crippen molar-refractivity contribution >= 4 is 11.7 Å². The van der Waals surface area contributed by atoms with E-state index in [2.05, 4.69) is 5.10 Å². The van der Waals surface area contributed by atoms with Crippen LogP contribution < -0.4 is 0 Å². The van der Waals surface area contributed by atoms with Crippen LogP contribution in [-0.2, 0) is 0 Å². The predicted octanol–water partition coefficient (Wildman–Crippen LogP) is 3.20. The molecule has 0 saturated carbocycles. The number of Topliss-reactive ketones (excluding diaryl/α,β-unsaturated/α-hetero) is 1. The van der Waals surface area contributed by atoms with Crippen LogP contribution in [0.15, 0.2) is 42.7 Å². The number of carbonyl (C=O) groups excluding carboxylic acids is 2. The zero-order valence-corrected chi connectivity index (χ0v) is 14.2. The van der Waals surface area contributed by atoms with Crippen LogP contribution in [0.4, 0.5) is 0 Å². The lowest BCUT2D eigenvalue weighted by Crippen LogP contribution is -2.40. The van der Waals surface area contributed by atoms with Gasteiger partial charge in [0.1, 0.15) is 0 Å². The van der Waals surface area contributed by atoms with Crippen molar-refractivity contribution in [2.75, 3.05) is 13.1 Å². The summed E-state index contributed by atoms with van der Waals surface area (Å²) in [4.78, 5) is 26.9. The van der Waals surface area contributed by atoms with E-state index >= 15 is 0 Å². The molecular formula is C19H23N3O2. The average molecular weight is 325 g/mol. The molecule has 0 spiro atoms. The smallest absolute Gasteiger partial charge is 0.257 e. The maximum absolute atomic E-state index is 12.6. The summed E-state index contributed by atoms with van der Waals surface area (Å²) in [5, 5.41) is 4.23. The first kappa shape index (κ1) is 16.4. The van der Waals surface area contributed by atoms with Crippen LogP contribution in [0.2, 0.25) is 0 Å². The van der Waals surface area contributed by atoms with E-state index in [-0.39, 0.29) is 23.7 Å². The van der Waals surface area contributed by atoms with Crippen LogP contribution >= 0.6 is 0 Å². The Hall–Kier alpha value is -2.43. The fraction of sp³-hybridized carbons (Fsp3) is 0.421. The Bertz CT molecular complexity index is 713. The minimum Gasteiger partial charge on any atom is -0.339 e. The first-order chi connectivity index (χ1) is 11.6. The molecule has 1 fully saturated rings. The molecule has 1 aromatic carbocycles. The molecule has 2 heterocycles. The van der Waals surface area contributed by atoms with Crippen molar-refractivity contribution in [2.45, 2.75) is 32.7 Å². The molecule has 1 aliphatic rings. The zero-order chi connectivity index (χ0) is 17.1. The van der Waals surface area contributed by atoms with E-state index in [1.807, 2.05) is 49.1 Å². The number of hydrogen-bond acceptors (Lipinski definition) is 3. The average Bonchev–Trinajstić information content (AvgIpc) is 3.12. The van der Waals surface area contributed by atoms with Gasteiger partial charge in [-0.2, -0.15) is 5.10 Å². The van der Waals surface area contributed by atoms with Gasteiger partial charge in [0.15, 0.2) is 5.78 Å². The quantitative estimate of drug-likeness (QED) is 0.811. The lowest BCUT2D eigenvalue weighted by atomic mass is 9.89. The molecule has 0 radical (unpaired) electrons. The minimum atomic E-state index is 0.00695. The third kappa shape index (κ3) is 3.40. The Kier molecular flexibility index (Phi) is 4.79. The normalized spacial score (nSPS) is 15.7. The number of ketones is 1. The van der Waals surface area contributed by atoms with Crippen LogP contribution in [0.1, 0.15) is 53.4 Å². The highest BCUT2D eigenvalue weighted by Gasteiger charge is 2.28. The fourth-order valence-corrected chi connectivity index (χ4v) is 3.10. The number of rotatable bonds is 4. The number of aromatic nitrogens is 2. The maximum Gasteiger partial charge on any atom is 0.257 e. The predicted molar refractivity (Wildman–Crippen MR) is 92.0 cm³/mol. The first-order valence-electron chi connectivity index (χ1n) is 8.49. The van der Waals surface area contributed by atoms with E-state index in [0.717, 1.165) is 18.4 Å². The van der Waals surface area contributed by atoms with Gasteiger partial charge in [-0.05, 0) is 26.7 Å². The van der Waals surface area contributed by atoms with Gasteiger partial charge in [-0.25, -0.2) is 0 Å². The zero-order valence-electron chi connectivity index (χ0n) is 14.2. The number of likely N-dealkylation sites (tertiary alicyclic amines) is 1. The van der Waals surface area contributed by atoms with Crippen LogP contribution in [0, 0.1) is 5.92 Å². The number of benzene rings is 1. The summed E-state index contributed by atoms with van der Waals surface area (Å²) >= 11 is 0. The Morgan fingerprint density at radius 1 is 1.08 bits per heavy atom. The standard InChI is InChI=1S/C19H23N3O2/c1-14(2)22-13-17(12-20-22)19(24)21-10-8-16(9-11-21)18(23)15-6-4-3-5-7-15/h3-7,12-14,16H,8-11H2,1-2H3. The van der Waals surface area contributed by atoms with Gasteiger partial charge in [0, 0.05) is 36.8 Å². The third-order valence-electron chi connectivity index (χ3n) is 4.59. The molecule has 1 aliphatic heterocycles. The second-order valence-corrected chi connectivity index (χ2v) is 6.60. The molecule has 1 saturated heterocycles. The SMILES string of the molecule is CC(C)n1cc(C(=O)N2CCC(C(=O)c3ccccc3)CC2)cn1. The number of amides is 1. The van der Waals surface area contributed by atoms with Crippen molar-refractivity contribution in [2.24, 2.45) is 5.92 Å². The van der Waals surface area contributed by atoms with E-state index in [9.17, 15) is 9.59 Å². The molecule has 1 amide bonds. The molecular weight excluding hydrogens is 302 g/mol. The molecule has 126 valence electrons. The number of hydrogen-bond donors (Lipinski definition) is 0. The Morgan fingerprint density at radius 2 is 1.75 bits per heavy atom. The summed E-state index contributed by atoms with van der Waals surface area (Å²) in [5.74, 6) is 0.206. The highest BCUT2D eigenvalue weighted by atomic mass is 16.2. The fourth-order valence-electron chi connectivity index (χ4n) is 3.10. The summed E-state index contributed by atoms with van der Waals surface area (Å²) < 4.78 is 1.79. The second kappa shape index (κ2) is 6.99. The molecule has 0 aliphatic carbocycles. The van der Waals surface area contributed by atoms with Crippen molar-refractivity contribution in [3.8, 4) is 0 Å². The van der Waals surface area contributed by atoms with Gasteiger partial charge in [-0.3, -0.25) is 14.3 Å². The van der Waals surface area contributed by atoms with Crippen molar-refractivity contribution in [3.63, 3.8) is 0 Å². The van der Waals surface area contributed by atoms with Gasteiger partial charge >= 0.3 is 0 Å². The topological polar surface area (TPSA) is 55.2 Å². The van der Waals surface area contributed by atoms with Crippen molar-refractivity contribution in [3.05, 3.63) is 53.9 Å². The van der Waals surface area contributed by atoms with Gasteiger partial charge in [0.05, 0.1) is 11.8 Å². The van der Waals surface area contributed by atoms with Gasteiger partial charge in [0.2, 0.25) is 0 Å². The van der Waals surface area contributed by atoms with Gasteiger partial charge in [-0.1, -0.05) is 30.3 Å². The van der Waals surface area contributed by atoms with Crippen molar-refractivity contribution < 1.29 is 9.59 Å². The summed E-state index contributed by atoms with van der Waals surface area (Å²) in [7, 11) is 0. The maximum atomic E-state index is 12.6. The lowest BCUT2D eigenvalue weighted by Gasteiger charge is -2.31. The Balaban J connectivity index is 1.60. The molecule has 5 nitrogen and oxygen atoms in total. The van der Waals surface area contributed by atoms with E-state index in [4.69, 9.17) is 0 Å².